The van der Waals surface area contributed by atoms with Crippen LogP contribution >= 0.6 is 0 Å². The van der Waals surface area contributed by atoms with Crippen LogP contribution in [-0.4, -0.2) is 9.55 Å². The van der Waals surface area contributed by atoms with Gasteiger partial charge in [0.05, 0.1) is 0 Å². The van der Waals surface area contributed by atoms with E-state index in [4.69, 9.17) is 5.73 Å². The van der Waals surface area contributed by atoms with Crippen molar-refractivity contribution >= 4 is 5.82 Å². The van der Waals surface area contributed by atoms with E-state index in [-0.39, 0.29) is 18.9 Å². The van der Waals surface area contributed by atoms with Crippen LogP contribution in [0.2, 0.25) is 0 Å². The minimum atomic E-state index is -0.324. The second-order valence-electron chi connectivity index (χ2n) is 1.75. The highest BCUT2D eigenvalue weighted by Gasteiger charge is 1.88. The van der Waals surface area contributed by atoms with Crippen molar-refractivity contribution in [3.63, 3.8) is 0 Å². The van der Waals surface area contributed by atoms with Crippen LogP contribution in [0.4, 0.5) is 5.82 Å². The summed E-state index contributed by atoms with van der Waals surface area (Å²) in [5.41, 5.74) is 4.88. The van der Waals surface area contributed by atoms with Gasteiger partial charge in [-0.3, -0.25) is 0 Å². The number of aryl methyl sites for hydroxylation is 1. The third-order valence-corrected chi connectivity index (χ3v) is 0.995. The molecule has 1 aromatic rings. The van der Waals surface area contributed by atoms with Crippen molar-refractivity contribution in [2.24, 2.45) is 7.05 Å². The maximum atomic E-state index is 10.6. The molecule has 0 fully saturated rings. The van der Waals surface area contributed by atoms with E-state index in [9.17, 15) is 4.79 Å². The number of nitrogens with two attached hydrogens (primary N) is 1. The first-order valence-electron chi connectivity index (χ1n) is 2.49. The van der Waals surface area contributed by atoms with Crippen LogP contribution in [0.1, 0.15) is 7.43 Å². The fraction of sp³-hybridized carbons (Fsp3) is 0.333. The number of aromatic nitrogens is 2. The molecule has 56 valence electrons. The zero-order valence-corrected chi connectivity index (χ0v) is 5.03. The van der Waals surface area contributed by atoms with Gasteiger partial charge in [-0.2, -0.15) is 4.98 Å². The molecule has 0 atom stereocenters. The van der Waals surface area contributed by atoms with Crippen LogP contribution < -0.4 is 11.4 Å². The monoisotopic (exact) mass is 141 g/mol. The lowest BCUT2D eigenvalue weighted by Gasteiger charge is -1.92. The maximum Gasteiger partial charge on any atom is 0.349 e. The number of rotatable bonds is 0. The summed E-state index contributed by atoms with van der Waals surface area (Å²) in [4.78, 5) is 14.1. The van der Waals surface area contributed by atoms with E-state index in [1.165, 1.54) is 4.57 Å². The molecule has 0 spiro atoms. The standard InChI is InChI=1S/C5H7N3O.CH4/c1-8-3-2-4(6)7-5(8)9;/h2-3H,1H3,(H2,6,7,9);1H4. The summed E-state index contributed by atoms with van der Waals surface area (Å²) in [5, 5.41) is 0. The summed E-state index contributed by atoms with van der Waals surface area (Å²) >= 11 is 0. The van der Waals surface area contributed by atoms with Crippen molar-refractivity contribution in [2.75, 3.05) is 5.73 Å². The molecule has 0 aromatic carbocycles. The summed E-state index contributed by atoms with van der Waals surface area (Å²) in [6.07, 6.45) is 1.57. The van der Waals surface area contributed by atoms with Gasteiger partial charge < -0.3 is 10.3 Å². The lowest BCUT2D eigenvalue weighted by Crippen LogP contribution is -2.19. The van der Waals surface area contributed by atoms with Crippen molar-refractivity contribution in [3.8, 4) is 0 Å². The predicted molar refractivity (Wildman–Crippen MR) is 40.6 cm³/mol. The highest BCUT2D eigenvalue weighted by molar-refractivity contribution is 5.23. The molecular weight excluding hydrogens is 130 g/mol. The van der Waals surface area contributed by atoms with Crippen molar-refractivity contribution < 1.29 is 0 Å². The van der Waals surface area contributed by atoms with Crippen molar-refractivity contribution in [2.45, 2.75) is 7.43 Å². The largest absolute Gasteiger partial charge is 0.383 e. The molecule has 4 heteroatoms. The van der Waals surface area contributed by atoms with Crippen molar-refractivity contribution in [1.29, 1.82) is 0 Å². The Morgan fingerprint density at radius 2 is 2.30 bits per heavy atom. The molecule has 1 heterocycles. The van der Waals surface area contributed by atoms with Gasteiger partial charge in [-0.05, 0) is 6.07 Å². The Morgan fingerprint density at radius 3 is 2.70 bits per heavy atom. The number of anilines is 1. The molecule has 0 saturated heterocycles. The molecule has 0 unspecified atom stereocenters. The second-order valence-corrected chi connectivity index (χ2v) is 1.75. The first-order valence-corrected chi connectivity index (χ1v) is 2.49. The zero-order chi connectivity index (χ0) is 6.85. The first kappa shape index (κ1) is 8.68. The van der Waals surface area contributed by atoms with E-state index < -0.39 is 0 Å². The highest BCUT2D eigenvalue weighted by Crippen LogP contribution is 1.85. The van der Waals surface area contributed by atoms with Gasteiger partial charge in [-0.15, -0.1) is 0 Å². The topological polar surface area (TPSA) is 60.9 Å². The average molecular weight is 141 g/mol. The van der Waals surface area contributed by atoms with E-state index in [1.54, 1.807) is 19.3 Å². The SMILES string of the molecule is C.Cn1ccc(N)nc1=O. The lowest BCUT2D eigenvalue weighted by atomic mass is 10.6. The third kappa shape index (κ3) is 1.58. The normalized spacial score (nSPS) is 8.50. The minimum absolute atomic E-state index is 0. The van der Waals surface area contributed by atoms with E-state index in [0.29, 0.717) is 0 Å². The summed E-state index contributed by atoms with van der Waals surface area (Å²) in [7, 11) is 1.62. The molecule has 0 radical (unpaired) electrons. The van der Waals surface area contributed by atoms with Gasteiger partial charge in [0.25, 0.3) is 0 Å². The van der Waals surface area contributed by atoms with Crippen molar-refractivity contribution in [3.05, 3.63) is 22.7 Å². The van der Waals surface area contributed by atoms with Gasteiger partial charge in [0.2, 0.25) is 0 Å². The third-order valence-electron chi connectivity index (χ3n) is 0.995. The average Bonchev–Trinajstić information content (AvgIpc) is 1.80. The minimum Gasteiger partial charge on any atom is -0.383 e. The van der Waals surface area contributed by atoms with Gasteiger partial charge in [0, 0.05) is 13.2 Å². The maximum absolute atomic E-state index is 10.6. The van der Waals surface area contributed by atoms with E-state index >= 15 is 0 Å². The van der Waals surface area contributed by atoms with Crippen LogP contribution in [0.3, 0.4) is 0 Å². The van der Waals surface area contributed by atoms with Gasteiger partial charge in [-0.1, -0.05) is 7.43 Å². The molecule has 0 aliphatic rings. The summed E-state index contributed by atoms with van der Waals surface area (Å²) in [5.74, 6) is 0.262. The molecule has 10 heavy (non-hydrogen) atoms. The van der Waals surface area contributed by atoms with Gasteiger partial charge >= 0.3 is 5.69 Å². The van der Waals surface area contributed by atoms with Crippen LogP contribution in [0.5, 0.6) is 0 Å². The molecule has 0 aliphatic heterocycles. The summed E-state index contributed by atoms with van der Waals surface area (Å²) in [6.45, 7) is 0. The Hall–Kier alpha value is -1.32. The molecular formula is C6H11N3O. The number of nitrogens with zero attached hydrogens (tertiary/aromatic N) is 2. The van der Waals surface area contributed by atoms with E-state index in [2.05, 4.69) is 4.98 Å². The molecule has 1 aromatic heterocycles. The van der Waals surface area contributed by atoms with Gasteiger partial charge in [-0.25, -0.2) is 4.79 Å². The molecule has 0 aliphatic carbocycles. The highest BCUT2D eigenvalue weighted by atomic mass is 16.1. The second kappa shape index (κ2) is 3.00. The fourth-order valence-corrected chi connectivity index (χ4v) is 0.479. The van der Waals surface area contributed by atoms with Crippen LogP contribution in [0.15, 0.2) is 17.1 Å². The van der Waals surface area contributed by atoms with Gasteiger partial charge in [0.1, 0.15) is 5.82 Å². The lowest BCUT2D eigenvalue weighted by molar-refractivity contribution is 0.814. The molecule has 2 N–H and O–H groups in total. The van der Waals surface area contributed by atoms with E-state index in [0.717, 1.165) is 0 Å². The quantitative estimate of drug-likeness (QED) is 0.553. The Morgan fingerprint density at radius 1 is 1.70 bits per heavy atom. The Balaban J connectivity index is 0.000000810. The fourth-order valence-electron chi connectivity index (χ4n) is 0.479. The number of hydrogen-bond donors (Lipinski definition) is 1. The molecule has 0 amide bonds. The van der Waals surface area contributed by atoms with Crippen LogP contribution in [0, 0.1) is 0 Å². The summed E-state index contributed by atoms with van der Waals surface area (Å²) in [6, 6.07) is 1.57. The molecule has 1 rings (SSSR count). The Bertz CT molecular complexity index is 266. The van der Waals surface area contributed by atoms with Crippen molar-refractivity contribution in [1.82, 2.24) is 9.55 Å². The smallest absolute Gasteiger partial charge is 0.349 e. The number of nitrogen functional groups attached to an aromatic ring is 1. The Labute approximate surface area is 59.3 Å². The summed E-state index contributed by atoms with van der Waals surface area (Å²) < 4.78 is 1.36. The predicted octanol–water partition coefficient (Wildman–Crippen LogP) is -0.00140. The zero-order valence-electron chi connectivity index (χ0n) is 5.03. The van der Waals surface area contributed by atoms with E-state index in [1.807, 2.05) is 0 Å². The Kier molecular flexibility index (Phi) is 2.61. The first-order chi connectivity index (χ1) is 4.20. The molecule has 0 bridgehead atoms. The molecule has 0 saturated carbocycles. The number of hydrogen-bond acceptors (Lipinski definition) is 3. The van der Waals surface area contributed by atoms with Gasteiger partial charge in [0.15, 0.2) is 0 Å². The van der Waals surface area contributed by atoms with Crippen LogP contribution in [-0.2, 0) is 7.05 Å². The molecule has 4 nitrogen and oxygen atoms in total. The van der Waals surface area contributed by atoms with Crippen LogP contribution in [0.25, 0.3) is 0 Å².